The van der Waals surface area contributed by atoms with Gasteiger partial charge in [-0.05, 0) is 38.6 Å². The summed E-state index contributed by atoms with van der Waals surface area (Å²) in [6.45, 7) is 2.86. The molecule has 0 fully saturated rings. The molecule has 2 nitrogen and oxygen atoms in total. The molecule has 0 aromatic heterocycles. The van der Waals surface area contributed by atoms with E-state index in [9.17, 15) is 0 Å². The van der Waals surface area contributed by atoms with E-state index in [4.69, 9.17) is 5.73 Å². The van der Waals surface area contributed by atoms with Gasteiger partial charge < -0.3 is 10.6 Å². The van der Waals surface area contributed by atoms with E-state index < -0.39 is 0 Å². The van der Waals surface area contributed by atoms with Crippen LogP contribution in [0.4, 0.5) is 0 Å². The summed E-state index contributed by atoms with van der Waals surface area (Å²) in [5, 5.41) is 0. The Labute approximate surface area is 86.7 Å². The minimum absolute atomic E-state index is 0.558. The Hall–Kier alpha value is -0.860. The van der Waals surface area contributed by atoms with Gasteiger partial charge in [0.2, 0.25) is 0 Å². The van der Waals surface area contributed by atoms with Crippen LogP contribution in [0.5, 0.6) is 0 Å². The second-order valence-corrected chi connectivity index (χ2v) is 3.99. The van der Waals surface area contributed by atoms with Crippen molar-refractivity contribution in [2.24, 2.45) is 5.73 Å². The number of nitrogens with zero attached hydrogens (tertiary/aromatic N) is 1. The van der Waals surface area contributed by atoms with E-state index in [0.717, 1.165) is 6.42 Å². The molecule has 0 bridgehead atoms. The zero-order valence-electron chi connectivity index (χ0n) is 9.33. The van der Waals surface area contributed by atoms with Gasteiger partial charge in [-0.25, -0.2) is 0 Å². The highest BCUT2D eigenvalue weighted by Crippen LogP contribution is 2.12. The van der Waals surface area contributed by atoms with Crippen molar-refractivity contribution in [1.29, 1.82) is 0 Å². The van der Waals surface area contributed by atoms with Crippen molar-refractivity contribution in [2.75, 3.05) is 14.1 Å². The number of hydrogen-bond acceptors (Lipinski definition) is 2. The number of nitrogens with two attached hydrogens (primary N) is 1. The Morgan fingerprint density at radius 2 is 1.79 bits per heavy atom. The quantitative estimate of drug-likeness (QED) is 0.785. The zero-order valence-corrected chi connectivity index (χ0v) is 9.33. The average Bonchev–Trinajstić information content (AvgIpc) is 2.18. The maximum atomic E-state index is 5.69. The lowest BCUT2D eigenvalue weighted by Gasteiger charge is -2.20. The maximum Gasteiger partial charge on any atom is 0.0180 e. The minimum atomic E-state index is 0.558. The molecule has 0 aliphatic heterocycles. The largest absolute Gasteiger partial charge is 0.326 e. The van der Waals surface area contributed by atoms with Gasteiger partial charge in [-0.15, -0.1) is 0 Å². The van der Waals surface area contributed by atoms with E-state index in [0.29, 0.717) is 12.6 Å². The third-order valence-corrected chi connectivity index (χ3v) is 2.74. The fourth-order valence-corrected chi connectivity index (χ4v) is 1.46. The monoisotopic (exact) mass is 192 g/mol. The van der Waals surface area contributed by atoms with Gasteiger partial charge in [0.25, 0.3) is 0 Å². The number of rotatable bonds is 4. The van der Waals surface area contributed by atoms with Crippen molar-refractivity contribution in [1.82, 2.24) is 4.90 Å². The summed E-state index contributed by atoms with van der Waals surface area (Å²) in [6.07, 6.45) is 1.07. The lowest BCUT2D eigenvalue weighted by molar-refractivity contribution is 0.312. The van der Waals surface area contributed by atoms with Crippen molar-refractivity contribution < 1.29 is 0 Å². The third kappa shape index (κ3) is 2.82. The fraction of sp³-hybridized carbons (Fsp3) is 0.500. The molecular weight excluding hydrogens is 172 g/mol. The molecule has 0 spiro atoms. The summed E-state index contributed by atoms with van der Waals surface area (Å²) >= 11 is 0. The normalized spacial score (nSPS) is 13.2. The predicted octanol–water partition coefficient (Wildman–Crippen LogP) is 1.64. The summed E-state index contributed by atoms with van der Waals surface area (Å²) in [5.74, 6) is 0. The molecule has 0 amide bonds. The number of likely N-dealkylation sites (N-methyl/N-ethyl adjacent to an activating group) is 1. The highest BCUT2D eigenvalue weighted by Gasteiger charge is 2.07. The number of benzene rings is 1. The van der Waals surface area contributed by atoms with Crippen molar-refractivity contribution in [3.63, 3.8) is 0 Å². The molecule has 1 aromatic carbocycles. The first kappa shape index (κ1) is 11.2. The van der Waals surface area contributed by atoms with Crippen LogP contribution in [0.25, 0.3) is 0 Å². The van der Waals surface area contributed by atoms with Crippen LogP contribution in [0, 0.1) is 0 Å². The molecule has 2 heteroatoms. The van der Waals surface area contributed by atoms with Crippen LogP contribution < -0.4 is 5.73 Å². The summed E-state index contributed by atoms with van der Waals surface area (Å²) < 4.78 is 0. The molecule has 1 atom stereocenters. The van der Waals surface area contributed by atoms with Crippen molar-refractivity contribution in [3.8, 4) is 0 Å². The predicted molar refractivity (Wildman–Crippen MR) is 61.2 cm³/mol. The average molecular weight is 192 g/mol. The summed E-state index contributed by atoms with van der Waals surface area (Å²) in [4.78, 5) is 2.23. The smallest absolute Gasteiger partial charge is 0.0180 e. The van der Waals surface area contributed by atoms with E-state index in [1.807, 2.05) is 6.07 Å². The van der Waals surface area contributed by atoms with Crippen molar-refractivity contribution in [3.05, 3.63) is 35.4 Å². The fourth-order valence-electron chi connectivity index (χ4n) is 1.46. The Balaban J connectivity index is 2.75. The molecule has 1 aromatic rings. The molecule has 0 aliphatic carbocycles. The molecule has 0 heterocycles. The molecular formula is C12H20N2. The molecule has 14 heavy (non-hydrogen) atoms. The van der Waals surface area contributed by atoms with Gasteiger partial charge in [0, 0.05) is 12.6 Å². The van der Waals surface area contributed by atoms with Crippen LogP contribution in [0.3, 0.4) is 0 Å². The van der Waals surface area contributed by atoms with Gasteiger partial charge in [0.1, 0.15) is 0 Å². The molecule has 0 saturated carbocycles. The Morgan fingerprint density at radius 3 is 2.29 bits per heavy atom. The lowest BCUT2D eigenvalue weighted by atomic mass is 10.0. The van der Waals surface area contributed by atoms with Gasteiger partial charge in [-0.3, -0.25) is 0 Å². The Kier molecular flexibility index (Phi) is 4.11. The van der Waals surface area contributed by atoms with E-state index in [2.05, 4.69) is 44.1 Å². The highest BCUT2D eigenvalue weighted by molar-refractivity contribution is 5.27. The summed E-state index contributed by atoms with van der Waals surface area (Å²) in [6, 6.07) is 8.96. The zero-order chi connectivity index (χ0) is 10.6. The van der Waals surface area contributed by atoms with Crippen LogP contribution in [0.15, 0.2) is 24.3 Å². The molecule has 1 rings (SSSR count). The molecule has 0 aliphatic rings. The maximum absolute atomic E-state index is 5.69. The Morgan fingerprint density at radius 1 is 1.21 bits per heavy atom. The summed E-state index contributed by atoms with van der Waals surface area (Å²) in [5.41, 5.74) is 8.33. The SMILES string of the molecule is CC(Cc1ccccc1CN)N(C)C. The molecule has 78 valence electrons. The van der Waals surface area contributed by atoms with Crippen LogP contribution in [-0.2, 0) is 13.0 Å². The first-order valence-corrected chi connectivity index (χ1v) is 5.08. The standard InChI is InChI=1S/C12H20N2/c1-10(14(2)3)8-11-6-4-5-7-12(11)9-13/h4-7,10H,8-9,13H2,1-3H3. The van der Waals surface area contributed by atoms with Gasteiger partial charge >= 0.3 is 0 Å². The topological polar surface area (TPSA) is 29.3 Å². The van der Waals surface area contributed by atoms with Crippen LogP contribution >= 0.6 is 0 Å². The second kappa shape index (κ2) is 5.13. The molecule has 0 saturated heterocycles. The highest BCUT2D eigenvalue weighted by atomic mass is 15.1. The van der Waals surface area contributed by atoms with E-state index in [-0.39, 0.29) is 0 Å². The first-order chi connectivity index (χ1) is 6.65. The van der Waals surface area contributed by atoms with Crippen molar-refractivity contribution >= 4 is 0 Å². The van der Waals surface area contributed by atoms with Gasteiger partial charge in [-0.1, -0.05) is 24.3 Å². The lowest BCUT2D eigenvalue weighted by Crippen LogP contribution is -2.27. The minimum Gasteiger partial charge on any atom is -0.326 e. The molecule has 0 radical (unpaired) electrons. The molecule has 2 N–H and O–H groups in total. The Bertz CT molecular complexity index is 281. The molecule has 1 unspecified atom stereocenters. The van der Waals surface area contributed by atoms with E-state index in [1.165, 1.54) is 11.1 Å². The first-order valence-electron chi connectivity index (χ1n) is 5.08. The number of hydrogen-bond donors (Lipinski definition) is 1. The van der Waals surface area contributed by atoms with Crippen molar-refractivity contribution in [2.45, 2.75) is 25.9 Å². The van der Waals surface area contributed by atoms with Gasteiger partial charge in [0.15, 0.2) is 0 Å². The van der Waals surface area contributed by atoms with E-state index in [1.54, 1.807) is 0 Å². The van der Waals surface area contributed by atoms with Gasteiger partial charge in [-0.2, -0.15) is 0 Å². The van der Waals surface area contributed by atoms with Crippen LogP contribution in [-0.4, -0.2) is 25.0 Å². The second-order valence-electron chi connectivity index (χ2n) is 3.99. The summed E-state index contributed by atoms with van der Waals surface area (Å²) in [7, 11) is 4.21. The van der Waals surface area contributed by atoms with Crippen LogP contribution in [0.1, 0.15) is 18.1 Å². The third-order valence-electron chi connectivity index (χ3n) is 2.74. The van der Waals surface area contributed by atoms with E-state index >= 15 is 0 Å². The van der Waals surface area contributed by atoms with Gasteiger partial charge in [0.05, 0.1) is 0 Å². The van der Waals surface area contributed by atoms with Crippen LogP contribution in [0.2, 0.25) is 0 Å².